The molecule has 0 saturated heterocycles. The first-order chi connectivity index (χ1) is 16.3. The fourth-order valence-corrected chi connectivity index (χ4v) is 4.25. The zero-order chi connectivity index (χ0) is 24.7. The third-order valence-corrected chi connectivity index (χ3v) is 6.33. The molecule has 7 nitrogen and oxygen atoms in total. The standard InChI is InChI=1S/C25H28ClN5O2S/c1-5-13-31-23(22(16(2)3)28-24(33)18-9-7-6-8-10-18)29-30-25(31)34-15-21(32)27-20-14-19(26)12-11-17(20)4/h5-12,14,16,22H,1,13,15H2,2-4H3,(H,27,32)(H,28,33)/t22-/m0/s1. The summed E-state index contributed by atoms with van der Waals surface area (Å²) in [6, 6.07) is 14.0. The van der Waals surface area contributed by atoms with Crippen LogP contribution < -0.4 is 10.6 Å². The average molecular weight is 498 g/mol. The maximum absolute atomic E-state index is 12.8. The van der Waals surface area contributed by atoms with Gasteiger partial charge in [-0.25, -0.2) is 0 Å². The predicted molar refractivity (Wildman–Crippen MR) is 137 cm³/mol. The fraction of sp³-hybridized carbons (Fsp3) is 0.280. The van der Waals surface area contributed by atoms with Crippen molar-refractivity contribution in [1.82, 2.24) is 20.1 Å². The highest BCUT2D eigenvalue weighted by atomic mass is 35.5. The molecule has 0 radical (unpaired) electrons. The summed E-state index contributed by atoms with van der Waals surface area (Å²) in [7, 11) is 0. The molecule has 3 rings (SSSR count). The third kappa shape index (κ3) is 6.48. The van der Waals surface area contributed by atoms with Gasteiger partial charge in [0.2, 0.25) is 5.91 Å². The van der Waals surface area contributed by atoms with Gasteiger partial charge in [-0.05, 0) is 42.7 Å². The number of hydrogen-bond acceptors (Lipinski definition) is 5. The van der Waals surface area contributed by atoms with Crippen LogP contribution in [0.3, 0.4) is 0 Å². The van der Waals surface area contributed by atoms with E-state index in [-0.39, 0.29) is 29.5 Å². The molecule has 2 aromatic carbocycles. The molecule has 2 N–H and O–H groups in total. The number of nitrogens with one attached hydrogen (secondary N) is 2. The summed E-state index contributed by atoms with van der Waals surface area (Å²) in [5.74, 6) is 0.463. The lowest BCUT2D eigenvalue weighted by Crippen LogP contribution is -2.33. The van der Waals surface area contributed by atoms with Crippen LogP contribution in [0, 0.1) is 12.8 Å². The lowest BCUT2D eigenvalue weighted by atomic mass is 10.0. The van der Waals surface area contributed by atoms with Crippen molar-refractivity contribution in [3.05, 3.63) is 83.2 Å². The van der Waals surface area contributed by atoms with Gasteiger partial charge in [0.15, 0.2) is 11.0 Å². The van der Waals surface area contributed by atoms with Gasteiger partial charge < -0.3 is 15.2 Å². The minimum atomic E-state index is -0.363. The van der Waals surface area contributed by atoms with E-state index in [1.807, 2.05) is 49.6 Å². The number of benzene rings is 2. The molecule has 2 amide bonds. The molecule has 178 valence electrons. The quantitative estimate of drug-likeness (QED) is 0.293. The largest absolute Gasteiger partial charge is 0.342 e. The summed E-state index contributed by atoms with van der Waals surface area (Å²) in [5.41, 5.74) is 2.18. The van der Waals surface area contributed by atoms with Crippen LogP contribution in [0.5, 0.6) is 0 Å². The van der Waals surface area contributed by atoms with Crippen LogP contribution in [-0.4, -0.2) is 32.3 Å². The molecule has 34 heavy (non-hydrogen) atoms. The molecule has 1 heterocycles. The van der Waals surface area contributed by atoms with E-state index < -0.39 is 0 Å². The summed E-state index contributed by atoms with van der Waals surface area (Å²) in [6.45, 7) is 10.2. The lowest BCUT2D eigenvalue weighted by molar-refractivity contribution is -0.113. The van der Waals surface area contributed by atoms with Crippen molar-refractivity contribution in [2.24, 2.45) is 5.92 Å². The van der Waals surface area contributed by atoms with Gasteiger partial charge in [-0.2, -0.15) is 0 Å². The third-order valence-electron chi connectivity index (χ3n) is 5.13. The Morgan fingerprint density at radius 1 is 1.18 bits per heavy atom. The number of thioether (sulfide) groups is 1. The highest BCUT2D eigenvalue weighted by molar-refractivity contribution is 7.99. The van der Waals surface area contributed by atoms with Crippen LogP contribution in [0.1, 0.15) is 41.6 Å². The number of hydrogen-bond donors (Lipinski definition) is 2. The molecular weight excluding hydrogens is 470 g/mol. The minimum absolute atomic E-state index is 0.0624. The van der Waals surface area contributed by atoms with Crippen molar-refractivity contribution < 1.29 is 9.59 Å². The van der Waals surface area contributed by atoms with E-state index in [0.717, 1.165) is 5.56 Å². The molecule has 1 atom stereocenters. The van der Waals surface area contributed by atoms with E-state index in [9.17, 15) is 9.59 Å². The van der Waals surface area contributed by atoms with E-state index in [1.54, 1.807) is 30.3 Å². The van der Waals surface area contributed by atoms with Crippen LogP contribution >= 0.6 is 23.4 Å². The van der Waals surface area contributed by atoms with E-state index in [2.05, 4.69) is 27.4 Å². The number of halogens is 1. The van der Waals surface area contributed by atoms with E-state index in [1.165, 1.54) is 11.8 Å². The number of rotatable bonds is 10. The molecule has 0 aliphatic heterocycles. The number of carbonyl (C=O) groups is 2. The van der Waals surface area contributed by atoms with Crippen molar-refractivity contribution in [3.8, 4) is 0 Å². The van der Waals surface area contributed by atoms with Crippen molar-refractivity contribution in [2.45, 2.75) is 38.5 Å². The summed E-state index contributed by atoms with van der Waals surface area (Å²) >= 11 is 7.32. The minimum Gasteiger partial charge on any atom is -0.342 e. The highest BCUT2D eigenvalue weighted by Gasteiger charge is 2.26. The van der Waals surface area contributed by atoms with Gasteiger partial charge in [0.1, 0.15) is 0 Å². The Kier molecular flexibility index (Phi) is 8.90. The second kappa shape index (κ2) is 11.9. The molecule has 1 aromatic heterocycles. The molecular formula is C25H28ClN5O2S. The first-order valence-corrected chi connectivity index (χ1v) is 12.2. The van der Waals surface area contributed by atoms with E-state index in [4.69, 9.17) is 11.6 Å². The lowest BCUT2D eigenvalue weighted by Gasteiger charge is -2.22. The topological polar surface area (TPSA) is 88.9 Å². The van der Waals surface area contributed by atoms with Gasteiger partial charge >= 0.3 is 0 Å². The number of nitrogens with zero attached hydrogens (tertiary/aromatic N) is 3. The Morgan fingerprint density at radius 3 is 2.59 bits per heavy atom. The normalized spacial score (nSPS) is 11.8. The van der Waals surface area contributed by atoms with Crippen LogP contribution in [0.2, 0.25) is 5.02 Å². The maximum atomic E-state index is 12.8. The molecule has 0 bridgehead atoms. The summed E-state index contributed by atoms with van der Waals surface area (Å²) < 4.78 is 1.88. The second-order valence-corrected chi connectivity index (χ2v) is 9.48. The smallest absolute Gasteiger partial charge is 0.251 e. The van der Waals surface area contributed by atoms with Crippen LogP contribution in [0.15, 0.2) is 66.3 Å². The molecule has 9 heteroatoms. The number of amides is 2. The Labute approximate surface area is 209 Å². The van der Waals surface area contributed by atoms with Crippen LogP contribution in [0.4, 0.5) is 5.69 Å². The van der Waals surface area contributed by atoms with Gasteiger partial charge in [-0.1, -0.05) is 67.6 Å². The van der Waals surface area contributed by atoms with E-state index >= 15 is 0 Å². The van der Waals surface area contributed by atoms with Gasteiger partial charge in [0, 0.05) is 22.8 Å². The molecule has 0 unspecified atom stereocenters. The van der Waals surface area contributed by atoms with Gasteiger partial charge in [0.05, 0.1) is 11.8 Å². The molecule has 0 aliphatic carbocycles. The van der Waals surface area contributed by atoms with Crippen LogP contribution in [-0.2, 0) is 11.3 Å². The number of carbonyl (C=O) groups excluding carboxylic acids is 2. The van der Waals surface area contributed by atoms with Crippen LogP contribution in [0.25, 0.3) is 0 Å². The zero-order valence-corrected chi connectivity index (χ0v) is 21.0. The summed E-state index contributed by atoms with van der Waals surface area (Å²) in [4.78, 5) is 25.4. The summed E-state index contributed by atoms with van der Waals surface area (Å²) in [5, 5.41) is 15.8. The Balaban J connectivity index is 1.75. The number of allylic oxidation sites excluding steroid dienone is 1. The summed E-state index contributed by atoms with van der Waals surface area (Å²) in [6.07, 6.45) is 1.74. The van der Waals surface area contributed by atoms with Gasteiger partial charge in [0.25, 0.3) is 5.91 Å². The Bertz CT molecular complexity index is 1160. The van der Waals surface area contributed by atoms with Crippen molar-refractivity contribution in [3.63, 3.8) is 0 Å². The van der Waals surface area contributed by atoms with Gasteiger partial charge in [-0.15, -0.1) is 16.8 Å². The predicted octanol–water partition coefficient (Wildman–Crippen LogP) is 5.28. The zero-order valence-electron chi connectivity index (χ0n) is 19.4. The molecule has 0 spiro atoms. The Hall–Kier alpha value is -3.10. The first kappa shape index (κ1) is 25.5. The molecule has 0 saturated carbocycles. The first-order valence-electron chi connectivity index (χ1n) is 10.9. The van der Waals surface area contributed by atoms with Crippen molar-refractivity contribution in [1.29, 1.82) is 0 Å². The SMILES string of the molecule is C=CCn1c(SCC(=O)Nc2cc(Cl)ccc2C)nnc1[C@@H](NC(=O)c1ccccc1)C(C)C. The number of anilines is 1. The fourth-order valence-electron chi connectivity index (χ4n) is 3.33. The second-order valence-electron chi connectivity index (χ2n) is 8.10. The van der Waals surface area contributed by atoms with Crippen molar-refractivity contribution in [2.75, 3.05) is 11.1 Å². The molecule has 3 aromatic rings. The number of aromatic nitrogens is 3. The monoisotopic (exact) mass is 497 g/mol. The molecule has 0 aliphatic rings. The average Bonchev–Trinajstić information content (AvgIpc) is 3.21. The van der Waals surface area contributed by atoms with E-state index in [0.29, 0.717) is 33.8 Å². The maximum Gasteiger partial charge on any atom is 0.251 e. The highest BCUT2D eigenvalue weighted by Crippen LogP contribution is 2.26. The number of aryl methyl sites for hydroxylation is 1. The molecule has 0 fully saturated rings. The van der Waals surface area contributed by atoms with Crippen molar-refractivity contribution >= 4 is 40.9 Å². The Morgan fingerprint density at radius 2 is 1.91 bits per heavy atom. The van der Waals surface area contributed by atoms with Gasteiger partial charge in [-0.3, -0.25) is 9.59 Å².